The van der Waals surface area contributed by atoms with Crippen molar-refractivity contribution >= 4 is 46.9 Å². The maximum absolute atomic E-state index is 13.9. The van der Waals surface area contributed by atoms with E-state index in [1.54, 1.807) is 68.9 Å². The van der Waals surface area contributed by atoms with E-state index >= 15 is 0 Å². The van der Waals surface area contributed by atoms with Crippen molar-refractivity contribution in [1.82, 2.24) is 14.5 Å². The highest BCUT2D eigenvalue weighted by atomic mass is 35.5. The van der Waals surface area contributed by atoms with E-state index in [1.807, 2.05) is 6.26 Å². The van der Waals surface area contributed by atoms with Crippen molar-refractivity contribution in [2.75, 3.05) is 29.4 Å². The summed E-state index contributed by atoms with van der Waals surface area (Å²) in [6.45, 7) is 5.88. The van der Waals surface area contributed by atoms with Crippen molar-refractivity contribution in [3.05, 3.63) is 88.7 Å². The highest BCUT2D eigenvalue weighted by Crippen LogP contribution is 2.34. The number of nitrogens with zero attached hydrogens (tertiary/aromatic N) is 3. The molecule has 0 spiro atoms. The summed E-state index contributed by atoms with van der Waals surface area (Å²) in [5.74, 6) is -1.21. The van der Waals surface area contributed by atoms with Crippen molar-refractivity contribution in [1.29, 1.82) is 0 Å². The molecule has 2 aromatic carbocycles. The molecule has 0 unspecified atom stereocenters. The number of likely N-dealkylation sites (tertiary alicyclic amines) is 1. The molecular formula is C33H34ClF2N5O5S. The number of pyridine rings is 1. The number of amides is 2. The minimum Gasteiger partial charge on any atom is -0.486 e. The fourth-order valence-corrected chi connectivity index (χ4v) is 5.38. The van der Waals surface area contributed by atoms with Gasteiger partial charge >= 0.3 is 6.09 Å². The van der Waals surface area contributed by atoms with E-state index in [2.05, 4.69) is 15.0 Å². The Morgan fingerprint density at radius 1 is 1.04 bits per heavy atom. The van der Waals surface area contributed by atoms with Gasteiger partial charge in [-0.15, -0.1) is 0 Å². The molecule has 0 aliphatic carbocycles. The Hall–Kier alpha value is -4.49. The second kappa shape index (κ2) is 14.1. The number of hydrogen-bond donors (Lipinski definition) is 2. The number of benzene rings is 2. The minimum absolute atomic E-state index is 0.165. The number of hydrogen-bond acceptors (Lipinski definition) is 8. The Morgan fingerprint density at radius 2 is 1.74 bits per heavy atom. The number of aromatic nitrogens is 2. The van der Waals surface area contributed by atoms with Crippen molar-refractivity contribution in [3.8, 4) is 22.9 Å². The fourth-order valence-electron chi connectivity index (χ4n) is 4.80. The first-order chi connectivity index (χ1) is 22.3. The number of aryl methyl sites for hydroxylation is 1. The number of carbonyl (C=O) groups is 2. The van der Waals surface area contributed by atoms with Gasteiger partial charge in [0.2, 0.25) is 0 Å². The SMILES string of the molecule is CSNc1cc(Cl)cc(NC(=O)c2cc(-c3ncc(OC4CN(C(=O)OC(C)(C)C)C4)cc3OCc3cc(F)cc(F)c3)n(C)c2)c1. The zero-order valence-electron chi connectivity index (χ0n) is 26.4. The van der Waals surface area contributed by atoms with Crippen LogP contribution in [0.25, 0.3) is 11.4 Å². The summed E-state index contributed by atoms with van der Waals surface area (Å²) in [5.41, 5.74) is 2.17. The molecule has 47 heavy (non-hydrogen) atoms. The summed E-state index contributed by atoms with van der Waals surface area (Å²) in [6, 6.07) is 11.6. The molecule has 0 bridgehead atoms. The van der Waals surface area contributed by atoms with Gasteiger partial charge in [-0.2, -0.15) is 0 Å². The maximum atomic E-state index is 13.9. The lowest BCUT2D eigenvalue weighted by molar-refractivity contribution is -0.0222. The summed E-state index contributed by atoms with van der Waals surface area (Å²) in [6.07, 6.45) is 4.31. The maximum Gasteiger partial charge on any atom is 0.410 e. The first kappa shape index (κ1) is 33.9. The van der Waals surface area contributed by atoms with E-state index in [9.17, 15) is 18.4 Å². The Labute approximate surface area is 280 Å². The topological polar surface area (TPSA) is 107 Å². The van der Waals surface area contributed by atoms with Gasteiger partial charge in [0.25, 0.3) is 5.91 Å². The molecule has 10 nitrogen and oxygen atoms in total. The van der Waals surface area contributed by atoms with Gasteiger partial charge < -0.3 is 33.7 Å². The van der Waals surface area contributed by atoms with Gasteiger partial charge in [0.05, 0.1) is 30.5 Å². The molecule has 2 N–H and O–H groups in total. The monoisotopic (exact) mass is 685 g/mol. The first-order valence-electron chi connectivity index (χ1n) is 14.6. The molecule has 0 radical (unpaired) electrons. The smallest absolute Gasteiger partial charge is 0.410 e. The Bertz CT molecular complexity index is 1770. The van der Waals surface area contributed by atoms with E-state index in [1.165, 1.54) is 35.2 Å². The van der Waals surface area contributed by atoms with Gasteiger partial charge in [-0.1, -0.05) is 23.5 Å². The molecule has 5 rings (SSSR count). The van der Waals surface area contributed by atoms with E-state index in [0.29, 0.717) is 46.5 Å². The van der Waals surface area contributed by atoms with Crippen molar-refractivity contribution in [2.24, 2.45) is 7.05 Å². The summed E-state index contributed by atoms with van der Waals surface area (Å²) < 4.78 is 50.1. The fraction of sp³-hybridized carbons (Fsp3) is 0.303. The van der Waals surface area contributed by atoms with Crippen LogP contribution < -0.4 is 19.5 Å². The van der Waals surface area contributed by atoms with Crippen molar-refractivity contribution < 1.29 is 32.6 Å². The van der Waals surface area contributed by atoms with E-state index in [0.717, 1.165) is 11.8 Å². The molecule has 1 aliphatic heterocycles. The highest BCUT2D eigenvalue weighted by Gasteiger charge is 2.35. The molecule has 2 aromatic heterocycles. The van der Waals surface area contributed by atoms with Crippen LogP contribution in [0, 0.1) is 11.6 Å². The van der Waals surface area contributed by atoms with Crippen molar-refractivity contribution in [3.63, 3.8) is 0 Å². The average Bonchev–Trinajstić information content (AvgIpc) is 3.33. The average molecular weight is 686 g/mol. The van der Waals surface area contributed by atoms with Crippen LogP contribution in [-0.2, 0) is 18.4 Å². The lowest BCUT2D eigenvalue weighted by Crippen LogP contribution is -2.57. The first-order valence-corrected chi connectivity index (χ1v) is 16.2. The number of halogens is 3. The summed E-state index contributed by atoms with van der Waals surface area (Å²) in [4.78, 5) is 31.7. The highest BCUT2D eigenvalue weighted by molar-refractivity contribution is 7.99. The van der Waals surface area contributed by atoms with Crippen molar-refractivity contribution in [2.45, 2.75) is 39.1 Å². The van der Waals surface area contributed by atoms with Crippen LogP contribution in [0.15, 0.2) is 60.9 Å². The van der Waals surface area contributed by atoms with Crippen LogP contribution >= 0.6 is 23.5 Å². The quantitative estimate of drug-likeness (QED) is 0.165. The molecule has 2 amide bonds. The van der Waals surface area contributed by atoms with Gasteiger partial charge in [-0.05, 0) is 62.7 Å². The Morgan fingerprint density at radius 3 is 2.43 bits per heavy atom. The van der Waals surface area contributed by atoms with Gasteiger partial charge in [-0.25, -0.2) is 18.6 Å². The molecule has 14 heteroatoms. The van der Waals surface area contributed by atoms with Crippen LogP contribution in [-0.4, -0.2) is 57.5 Å². The third-order valence-corrected chi connectivity index (χ3v) is 7.49. The zero-order valence-corrected chi connectivity index (χ0v) is 28.0. The normalized spacial score (nSPS) is 13.1. The van der Waals surface area contributed by atoms with Gasteiger partial charge in [0.15, 0.2) is 5.75 Å². The van der Waals surface area contributed by atoms with E-state index in [-0.39, 0.29) is 29.9 Å². The van der Waals surface area contributed by atoms with Gasteiger partial charge in [0, 0.05) is 48.0 Å². The third kappa shape index (κ3) is 8.86. The second-order valence-corrected chi connectivity index (χ2v) is 13.0. The molecule has 0 saturated carbocycles. The third-order valence-electron chi connectivity index (χ3n) is 6.83. The van der Waals surface area contributed by atoms with Crippen LogP contribution in [0.5, 0.6) is 11.5 Å². The lowest BCUT2D eigenvalue weighted by atomic mass is 10.1. The number of rotatable bonds is 10. The largest absolute Gasteiger partial charge is 0.486 e. The second-order valence-electron chi connectivity index (χ2n) is 11.9. The lowest BCUT2D eigenvalue weighted by Gasteiger charge is -2.39. The Kier molecular flexibility index (Phi) is 10.2. The van der Waals surface area contributed by atoms with Crippen LogP contribution in [0.1, 0.15) is 36.7 Å². The number of carbonyl (C=O) groups excluding carboxylic acids is 2. The molecular weight excluding hydrogens is 652 g/mol. The molecule has 0 atom stereocenters. The molecule has 3 heterocycles. The van der Waals surface area contributed by atoms with Crippen LogP contribution in [0.2, 0.25) is 5.02 Å². The standard InChI is InChI=1S/C33H34ClF2N5O5S/c1-33(2,3)46-32(43)41-16-27(17-41)45-26-13-29(44-18-19-6-22(35)11-23(36)7-19)30(37-14-26)28-8-20(15-40(28)4)31(42)38-24-9-21(34)10-25(12-24)39-47-5/h6-15,27,39H,16-18H2,1-5H3,(H,38,42). The zero-order chi connectivity index (χ0) is 33.9. The minimum atomic E-state index is -0.729. The summed E-state index contributed by atoms with van der Waals surface area (Å²) >= 11 is 7.63. The molecule has 4 aromatic rings. The number of nitrogens with one attached hydrogen (secondary N) is 2. The predicted octanol–water partition coefficient (Wildman–Crippen LogP) is 7.54. The molecule has 1 fully saturated rings. The summed E-state index contributed by atoms with van der Waals surface area (Å²) in [7, 11) is 1.75. The van der Waals surface area contributed by atoms with Gasteiger partial charge in [-0.3, -0.25) is 4.79 Å². The molecule has 248 valence electrons. The number of ether oxygens (including phenoxy) is 3. The van der Waals surface area contributed by atoms with E-state index in [4.69, 9.17) is 25.8 Å². The van der Waals surface area contributed by atoms with Crippen LogP contribution in [0.4, 0.5) is 25.0 Å². The predicted molar refractivity (Wildman–Crippen MR) is 178 cm³/mol. The van der Waals surface area contributed by atoms with E-state index < -0.39 is 23.3 Å². The van der Waals surface area contributed by atoms with Crippen LogP contribution in [0.3, 0.4) is 0 Å². The number of anilines is 2. The van der Waals surface area contributed by atoms with Gasteiger partial charge in [0.1, 0.15) is 41.4 Å². The summed E-state index contributed by atoms with van der Waals surface area (Å²) in [5, 5.41) is 3.32. The molecule has 1 saturated heterocycles. The Balaban J connectivity index is 1.37. The molecule has 1 aliphatic rings.